The van der Waals surface area contributed by atoms with Gasteiger partial charge >= 0.3 is 0 Å². The third kappa shape index (κ3) is 2.36. The Labute approximate surface area is 101 Å². The lowest BCUT2D eigenvalue weighted by atomic mass is 10.0. The van der Waals surface area contributed by atoms with Gasteiger partial charge in [0.15, 0.2) is 5.03 Å². The van der Waals surface area contributed by atoms with Crippen LogP contribution in [0.3, 0.4) is 0 Å². The first kappa shape index (κ1) is 12.5. The Kier molecular flexibility index (Phi) is 3.24. The molecule has 1 aromatic rings. The molecule has 1 fully saturated rings. The highest BCUT2D eigenvalue weighted by molar-refractivity contribution is 7.89. The van der Waals surface area contributed by atoms with E-state index in [2.05, 4.69) is 9.97 Å². The lowest BCUT2D eigenvalue weighted by Crippen LogP contribution is -2.30. The van der Waals surface area contributed by atoms with Gasteiger partial charge in [-0.05, 0) is 26.2 Å². The summed E-state index contributed by atoms with van der Waals surface area (Å²) in [5.41, 5.74) is 0. The lowest BCUT2D eigenvalue weighted by Gasteiger charge is -2.16. The van der Waals surface area contributed by atoms with Crippen LogP contribution in [0, 0.1) is 12.8 Å². The summed E-state index contributed by atoms with van der Waals surface area (Å²) in [5, 5.41) is 9.59. The molecule has 2 heterocycles. The normalized spacial score (nSPS) is 24.1. The first-order valence-corrected chi connectivity index (χ1v) is 7.05. The van der Waals surface area contributed by atoms with Crippen LogP contribution in [-0.4, -0.2) is 47.0 Å². The van der Waals surface area contributed by atoms with Gasteiger partial charge in [-0.15, -0.1) is 0 Å². The van der Waals surface area contributed by atoms with Crippen LogP contribution in [0.15, 0.2) is 11.2 Å². The minimum atomic E-state index is -3.48. The van der Waals surface area contributed by atoms with E-state index >= 15 is 0 Å². The van der Waals surface area contributed by atoms with Crippen molar-refractivity contribution in [1.82, 2.24) is 14.3 Å². The van der Waals surface area contributed by atoms with Gasteiger partial charge in [0.1, 0.15) is 5.82 Å². The molecule has 96 valence electrons. The number of imidazole rings is 1. The van der Waals surface area contributed by atoms with Crippen LogP contribution in [0.1, 0.15) is 19.2 Å². The van der Waals surface area contributed by atoms with Gasteiger partial charge in [0.2, 0.25) is 0 Å². The molecule has 7 heteroatoms. The number of sulfonamides is 1. The first-order chi connectivity index (χ1) is 7.91. The van der Waals surface area contributed by atoms with Crippen molar-refractivity contribution in [2.75, 3.05) is 13.1 Å². The summed E-state index contributed by atoms with van der Waals surface area (Å²) in [6.45, 7) is 4.23. The highest BCUT2D eigenvalue weighted by Crippen LogP contribution is 2.25. The van der Waals surface area contributed by atoms with Crippen molar-refractivity contribution >= 4 is 10.0 Å². The zero-order chi connectivity index (χ0) is 12.6. The predicted octanol–water partition coefficient (Wildman–Crippen LogP) is 0.110. The van der Waals surface area contributed by atoms with Gasteiger partial charge in [0.05, 0.1) is 12.3 Å². The standard InChI is InChI=1S/C10H17N3O3S/c1-7(14)9-3-4-13(6-9)17(15,16)10-5-11-8(2)12-10/h5,7,9,14H,3-4,6H2,1-2H3,(H,11,12). The molecule has 6 nitrogen and oxygen atoms in total. The van der Waals surface area contributed by atoms with Crippen molar-refractivity contribution in [3.8, 4) is 0 Å². The van der Waals surface area contributed by atoms with Crippen LogP contribution >= 0.6 is 0 Å². The number of aliphatic hydroxyl groups is 1. The number of aliphatic hydroxyl groups excluding tert-OH is 1. The van der Waals surface area contributed by atoms with Crippen LogP contribution in [0.4, 0.5) is 0 Å². The second-order valence-corrected chi connectivity index (χ2v) is 6.39. The molecule has 1 aliphatic rings. The zero-order valence-corrected chi connectivity index (χ0v) is 10.7. The quantitative estimate of drug-likeness (QED) is 0.806. The fourth-order valence-electron chi connectivity index (χ4n) is 2.03. The monoisotopic (exact) mass is 259 g/mol. The molecule has 17 heavy (non-hydrogen) atoms. The largest absolute Gasteiger partial charge is 0.393 e. The Morgan fingerprint density at radius 1 is 1.65 bits per heavy atom. The van der Waals surface area contributed by atoms with E-state index in [-0.39, 0.29) is 10.9 Å². The average molecular weight is 259 g/mol. The average Bonchev–Trinajstić information content (AvgIpc) is 2.85. The number of nitrogens with one attached hydrogen (secondary N) is 1. The zero-order valence-electron chi connectivity index (χ0n) is 9.92. The molecule has 0 bridgehead atoms. The van der Waals surface area contributed by atoms with Gasteiger partial charge in [-0.1, -0.05) is 0 Å². The van der Waals surface area contributed by atoms with Crippen LogP contribution in [0.5, 0.6) is 0 Å². The maximum Gasteiger partial charge on any atom is 0.260 e. The summed E-state index contributed by atoms with van der Waals surface area (Å²) in [6, 6.07) is 0. The Balaban J connectivity index is 2.18. The summed E-state index contributed by atoms with van der Waals surface area (Å²) in [6.07, 6.45) is 1.56. The second-order valence-electron chi connectivity index (χ2n) is 4.49. The van der Waals surface area contributed by atoms with Crippen molar-refractivity contribution in [3.63, 3.8) is 0 Å². The number of H-pyrrole nitrogens is 1. The number of aromatic amines is 1. The molecule has 0 spiro atoms. The van der Waals surface area contributed by atoms with Gasteiger partial charge in [-0.25, -0.2) is 13.4 Å². The summed E-state index contributed by atoms with van der Waals surface area (Å²) in [7, 11) is -3.48. The van der Waals surface area contributed by atoms with Crippen LogP contribution < -0.4 is 0 Å². The third-order valence-electron chi connectivity index (χ3n) is 3.17. The molecular formula is C10H17N3O3S. The maximum absolute atomic E-state index is 12.2. The number of hydrogen-bond donors (Lipinski definition) is 2. The number of aryl methyl sites for hydroxylation is 1. The van der Waals surface area contributed by atoms with Gasteiger partial charge in [-0.3, -0.25) is 0 Å². The van der Waals surface area contributed by atoms with Gasteiger partial charge in [0, 0.05) is 13.1 Å². The molecule has 2 rings (SSSR count). The van der Waals surface area contributed by atoms with Crippen molar-refractivity contribution in [1.29, 1.82) is 0 Å². The topological polar surface area (TPSA) is 86.3 Å². The highest BCUT2D eigenvalue weighted by atomic mass is 32.2. The van der Waals surface area contributed by atoms with E-state index in [1.165, 1.54) is 10.5 Å². The minimum Gasteiger partial charge on any atom is -0.393 e. The molecule has 0 saturated carbocycles. The SMILES string of the molecule is Cc1ncc(S(=O)(=O)N2CCC(C(C)O)C2)[nH]1. The summed E-state index contributed by atoms with van der Waals surface area (Å²) < 4.78 is 25.8. The van der Waals surface area contributed by atoms with E-state index in [1.807, 2.05) is 0 Å². The van der Waals surface area contributed by atoms with Gasteiger partial charge in [0.25, 0.3) is 10.0 Å². The molecule has 2 atom stereocenters. The van der Waals surface area contributed by atoms with Crippen LogP contribution in [-0.2, 0) is 10.0 Å². The Hall–Kier alpha value is -0.920. The second kappa shape index (κ2) is 4.40. The molecule has 0 aromatic carbocycles. The summed E-state index contributed by atoms with van der Waals surface area (Å²) in [5.74, 6) is 0.601. The molecule has 0 aliphatic carbocycles. The van der Waals surface area contributed by atoms with Crippen molar-refractivity contribution < 1.29 is 13.5 Å². The van der Waals surface area contributed by atoms with E-state index in [1.54, 1.807) is 13.8 Å². The smallest absolute Gasteiger partial charge is 0.260 e. The van der Waals surface area contributed by atoms with E-state index in [4.69, 9.17) is 0 Å². The number of rotatable bonds is 3. The Morgan fingerprint density at radius 2 is 2.35 bits per heavy atom. The summed E-state index contributed by atoms with van der Waals surface area (Å²) >= 11 is 0. The van der Waals surface area contributed by atoms with Crippen LogP contribution in [0.25, 0.3) is 0 Å². The Bertz CT molecular complexity index is 495. The third-order valence-corrected chi connectivity index (χ3v) is 4.94. The lowest BCUT2D eigenvalue weighted by molar-refractivity contribution is 0.133. The molecule has 2 N–H and O–H groups in total. The number of nitrogens with zero attached hydrogens (tertiary/aromatic N) is 2. The van der Waals surface area contributed by atoms with E-state index in [0.717, 1.165) is 0 Å². The fourth-order valence-corrected chi connectivity index (χ4v) is 3.51. The first-order valence-electron chi connectivity index (χ1n) is 5.61. The van der Waals surface area contributed by atoms with E-state index in [9.17, 15) is 13.5 Å². The Morgan fingerprint density at radius 3 is 2.82 bits per heavy atom. The molecule has 0 radical (unpaired) electrons. The van der Waals surface area contributed by atoms with Crippen molar-refractivity contribution in [2.45, 2.75) is 31.4 Å². The summed E-state index contributed by atoms with van der Waals surface area (Å²) in [4.78, 5) is 6.63. The van der Waals surface area contributed by atoms with Gasteiger partial charge < -0.3 is 10.1 Å². The fraction of sp³-hybridized carbons (Fsp3) is 0.700. The molecule has 0 amide bonds. The van der Waals surface area contributed by atoms with Crippen molar-refractivity contribution in [3.05, 3.63) is 12.0 Å². The molecule has 1 aliphatic heterocycles. The molecule has 1 aromatic heterocycles. The van der Waals surface area contributed by atoms with Crippen LogP contribution in [0.2, 0.25) is 0 Å². The molecule has 1 saturated heterocycles. The van der Waals surface area contributed by atoms with Gasteiger partial charge in [-0.2, -0.15) is 4.31 Å². The van der Waals surface area contributed by atoms with E-state index < -0.39 is 16.1 Å². The van der Waals surface area contributed by atoms with E-state index in [0.29, 0.717) is 25.3 Å². The maximum atomic E-state index is 12.2. The molecule has 2 unspecified atom stereocenters. The molecular weight excluding hydrogens is 242 g/mol. The minimum absolute atomic E-state index is 0.0220. The number of hydrogen-bond acceptors (Lipinski definition) is 4. The highest BCUT2D eigenvalue weighted by Gasteiger charge is 2.35. The predicted molar refractivity (Wildman–Crippen MR) is 61.9 cm³/mol. The number of aromatic nitrogens is 2. The van der Waals surface area contributed by atoms with Crippen molar-refractivity contribution in [2.24, 2.45) is 5.92 Å².